The van der Waals surface area contributed by atoms with Crippen molar-refractivity contribution in [3.8, 4) is 0 Å². The van der Waals surface area contributed by atoms with Crippen LogP contribution in [-0.4, -0.2) is 47.5 Å². The SMILES string of the molecule is CO[C@H]1C[C@@H](C(N)=O)N(C(=O)Cc2c[nH]c3cccc(Cl)c23)C1. The first-order valence-electron chi connectivity index (χ1n) is 7.37. The summed E-state index contributed by atoms with van der Waals surface area (Å²) in [6, 6.07) is 4.92. The van der Waals surface area contributed by atoms with Gasteiger partial charge in [-0.1, -0.05) is 17.7 Å². The highest BCUT2D eigenvalue weighted by molar-refractivity contribution is 6.35. The van der Waals surface area contributed by atoms with E-state index in [1.54, 1.807) is 19.4 Å². The number of fused-ring (bicyclic) bond motifs is 1. The number of rotatable bonds is 4. The molecule has 0 saturated carbocycles. The van der Waals surface area contributed by atoms with Gasteiger partial charge in [0.2, 0.25) is 11.8 Å². The minimum absolute atomic E-state index is 0.157. The number of halogens is 1. The molecule has 0 aliphatic carbocycles. The molecule has 3 rings (SSSR count). The number of H-pyrrole nitrogens is 1. The van der Waals surface area contributed by atoms with Gasteiger partial charge in [0, 0.05) is 37.2 Å². The molecule has 1 fully saturated rings. The van der Waals surface area contributed by atoms with Gasteiger partial charge in [-0.05, 0) is 17.7 Å². The van der Waals surface area contributed by atoms with Crippen molar-refractivity contribution >= 4 is 34.3 Å². The monoisotopic (exact) mass is 335 g/mol. The summed E-state index contributed by atoms with van der Waals surface area (Å²) in [4.78, 5) is 28.9. The molecule has 0 bridgehead atoms. The number of ether oxygens (including phenoxy) is 1. The van der Waals surface area contributed by atoms with E-state index in [1.165, 1.54) is 4.90 Å². The standard InChI is InChI=1S/C16H18ClN3O3/c1-23-10-6-13(16(18)22)20(8-10)14(21)5-9-7-19-12-4-2-3-11(17)15(9)12/h2-4,7,10,13,19H,5-6,8H2,1H3,(H2,18,22)/t10-,13-/m0/s1. The number of nitrogens with one attached hydrogen (secondary N) is 1. The Kier molecular flexibility index (Phi) is 4.28. The summed E-state index contributed by atoms with van der Waals surface area (Å²) in [5.41, 5.74) is 7.10. The Hall–Kier alpha value is -2.05. The summed E-state index contributed by atoms with van der Waals surface area (Å²) in [5.74, 6) is -0.663. The molecule has 1 saturated heterocycles. The third-order valence-electron chi connectivity index (χ3n) is 4.32. The Bertz CT molecular complexity index is 758. The number of hydrogen-bond acceptors (Lipinski definition) is 3. The van der Waals surface area contributed by atoms with Crippen LogP contribution in [0.1, 0.15) is 12.0 Å². The topological polar surface area (TPSA) is 88.4 Å². The van der Waals surface area contributed by atoms with Crippen LogP contribution < -0.4 is 5.73 Å². The van der Waals surface area contributed by atoms with Crippen molar-refractivity contribution < 1.29 is 14.3 Å². The van der Waals surface area contributed by atoms with E-state index in [4.69, 9.17) is 22.1 Å². The molecule has 1 aliphatic heterocycles. The lowest BCUT2D eigenvalue weighted by atomic mass is 10.1. The number of carbonyl (C=O) groups excluding carboxylic acids is 2. The molecule has 122 valence electrons. The highest BCUT2D eigenvalue weighted by atomic mass is 35.5. The zero-order valence-electron chi connectivity index (χ0n) is 12.7. The van der Waals surface area contributed by atoms with Gasteiger partial charge in [0.25, 0.3) is 0 Å². The average Bonchev–Trinajstić information content (AvgIpc) is 3.12. The van der Waals surface area contributed by atoms with E-state index in [1.807, 2.05) is 12.1 Å². The van der Waals surface area contributed by atoms with Crippen molar-refractivity contribution in [3.05, 3.63) is 35.0 Å². The quantitative estimate of drug-likeness (QED) is 0.886. The first-order chi connectivity index (χ1) is 11.0. The fourth-order valence-corrected chi connectivity index (χ4v) is 3.42. The van der Waals surface area contributed by atoms with Crippen LogP contribution in [-0.2, 0) is 20.7 Å². The van der Waals surface area contributed by atoms with Gasteiger partial charge in [0.15, 0.2) is 0 Å². The molecule has 2 aromatic rings. The molecule has 0 unspecified atom stereocenters. The van der Waals surface area contributed by atoms with Crippen molar-refractivity contribution in [2.75, 3.05) is 13.7 Å². The maximum absolute atomic E-state index is 12.6. The zero-order valence-corrected chi connectivity index (χ0v) is 13.5. The Morgan fingerprint density at radius 3 is 2.96 bits per heavy atom. The van der Waals surface area contributed by atoms with Gasteiger partial charge in [-0.15, -0.1) is 0 Å². The maximum atomic E-state index is 12.6. The number of nitrogens with zero attached hydrogens (tertiary/aromatic N) is 1. The van der Waals surface area contributed by atoms with E-state index in [0.29, 0.717) is 18.0 Å². The van der Waals surface area contributed by atoms with Crippen molar-refractivity contribution in [2.45, 2.75) is 25.0 Å². The number of hydrogen-bond donors (Lipinski definition) is 2. The third kappa shape index (κ3) is 2.92. The second kappa shape index (κ2) is 6.22. The number of benzene rings is 1. The fraction of sp³-hybridized carbons (Fsp3) is 0.375. The van der Waals surface area contributed by atoms with Crippen molar-refractivity contribution in [3.63, 3.8) is 0 Å². The first-order valence-corrected chi connectivity index (χ1v) is 7.75. The molecule has 2 amide bonds. The predicted octanol–water partition coefficient (Wildman–Crippen LogP) is 1.47. The molecule has 0 spiro atoms. The summed E-state index contributed by atoms with van der Waals surface area (Å²) in [6.45, 7) is 0.374. The van der Waals surface area contributed by atoms with Gasteiger partial charge < -0.3 is 20.4 Å². The van der Waals surface area contributed by atoms with Crippen LogP contribution in [0.15, 0.2) is 24.4 Å². The molecule has 7 heteroatoms. The largest absolute Gasteiger partial charge is 0.380 e. The highest BCUT2D eigenvalue weighted by Crippen LogP contribution is 2.28. The Labute approximate surface area is 138 Å². The van der Waals surface area contributed by atoms with Crippen LogP contribution in [0.25, 0.3) is 10.9 Å². The number of likely N-dealkylation sites (tertiary alicyclic amines) is 1. The van der Waals surface area contributed by atoms with E-state index < -0.39 is 11.9 Å². The van der Waals surface area contributed by atoms with Crippen LogP contribution in [0.5, 0.6) is 0 Å². The van der Waals surface area contributed by atoms with Gasteiger partial charge in [-0.2, -0.15) is 0 Å². The van der Waals surface area contributed by atoms with Gasteiger partial charge in [-0.3, -0.25) is 9.59 Å². The lowest BCUT2D eigenvalue weighted by Crippen LogP contribution is -2.44. The third-order valence-corrected chi connectivity index (χ3v) is 4.64. The van der Waals surface area contributed by atoms with Gasteiger partial charge in [0.1, 0.15) is 6.04 Å². The van der Waals surface area contributed by atoms with Crippen molar-refractivity contribution in [1.82, 2.24) is 9.88 Å². The fourth-order valence-electron chi connectivity index (χ4n) is 3.13. The van der Waals surface area contributed by atoms with Crippen LogP contribution in [0.3, 0.4) is 0 Å². The molecule has 2 atom stereocenters. The average molecular weight is 336 g/mol. The summed E-state index contributed by atoms with van der Waals surface area (Å²) in [7, 11) is 1.57. The van der Waals surface area contributed by atoms with Crippen LogP contribution in [0.4, 0.5) is 0 Å². The summed E-state index contributed by atoms with van der Waals surface area (Å²) < 4.78 is 5.27. The molecule has 23 heavy (non-hydrogen) atoms. The second-order valence-corrected chi connectivity index (χ2v) is 6.12. The molecule has 1 aliphatic rings. The Balaban J connectivity index is 1.84. The lowest BCUT2D eigenvalue weighted by molar-refractivity contribution is -0.136. The van der Waals surface area contributed by atoms with E-state index >= 15 is 0 Å². The first kappa shape index (κ1) is 15.8. The number of primary amides is 1. The second-order valence-electron chi connectivity index (χ2n) is 5.71. The number of amides is 2. The molecular formula is C16H18ClN3O3. The Morgan fingerprint density at radius 2 is 2.26 bits per heavy atom. The van der Waals surface area contributed by atoms with Crippen molar-refractivity contribution in [1.29, 1.82) is 0 Å². The number of aromatic amines is 1. The van der Waals surface area contributed by atoms with E-state index in [-0.39, 0.29) is 18.4 Å². The highest BCUT2D eigenvalue weighted by Gasteiger charge is 2.38. The summed E-state index contributed by atoms with van der Waals surface area (Å²) in [6.07, 6.45) is 2.20. The number of methoxy groups -OCH3 is 1. The number of aromatic nitrogens is 1. The van der Waals surface area contributed by atoms with Crippen molar-refractivity contribution in [2.24, 2.45) is 5.73 Å². The van der Waals surface area contributed by atoms with Gasteiger partial charge in [0.05, 0.1) is 17.5 Å². The summed E-state index contributed by atoms with van der Waals surface area (Å²) >= 11 is 6.23. The maximum Gasteiger partial charge on any atom is 0.240 e. The minimum Gasteiger partial charge on any atom is -0.380 e. The van der Waals surface area contributed by atoms with E-state index in [0.717, 1.165) is 16.5 Å². The van der Waals surface area contributed by atoms with E-state index in [9.17, 15) is 9.59 Å². The van der Waals surface area contributed by atoms with Crippen LogP contribution in [0.2, 0.25) is 5.02 Å². The molecule has 1 aromatic heterocycles. The summed E-state index contributed by atoms with van der Waals surface area (Å²) in [5, 5.41) is 1.43. The molecule has 6 nitrogen and oxygen atoms in total. The number of carbonyl (C=O) groups is 2. The lowest BCUT2D eigenvalue weighted by Gasteiger charge is -2.21. The van der Waals surface area contributed by atoms with E-state index in [2.05, 4.69) is 4.98 Å². The normalized spacial score (nSPS) is 21.0. The Morgan fingerprint density at radius 1 is 1.48 bits per heavy atom. The molecular weight excluding hydrogens is 318 g/mol. The molecule has 0 radical (unpaired) electrons. The molecule has 3 N–H and O–H groups in total. The number of nitrogens with two attached hydrogens (primary N) is 1. The molecule has 2 heterocycles. The minimum atomic E-state index is -0.617. The van der Waals surface area contributed by atoms with Crippen LogP contribution >= 0.6 is 11.6 Å². The van der Waals surface area contributed by atoms with Crippen LogP contribution in [0, 0.1) is 0 Å². The van der Waals surface area contributed by atoms with Gasteiger partial charge >= 0.3 is 0 Å². The van der Waals surface area contributed by atoms with Gasteiger partial charge in [-0.25, -0.2) is 0 Å². The predicted molar refractivity (Wildman–Crippen MR) is 87.1 cm³/mol. The zero-order chi connectivity index (χ0) is 16.6. The smallest absolute Gasteiger partial charge is 0.240 e. The molecule has 1 aromatic carbocycles.